The highest BCUT2D eigenvalue weighted by atomic mass is 16.5. The van der Waals surface area contributed by atoms with Gasteiger partial charge in [-0.2, -0.15) is 0 Å². The molecule has 0 radical (unpaired) electrons. The van der Waals surface area contributed by atoms with Crippen molar-refractivity contribution in [1.29, 1.82) is 0 Å². The van der Waals surface area contributed by atoms with Gasteiger partial charge in [-0.15, -0.1) is 0 Å². The Morgan fingerprint density at radius 3 is 2.43 bits per heavy atom. The van der Waals surface area contributed by atoms with Gasteiger partial charge in [-0.3, -0.25) is 4.79 Å². The van der Waals surface area contributed by atoms with E-state index in [0.717, 1.165) is 12.0 Å². The lowest BCUT2D eigenvalue weighted by Gasteiger charge is -2.02. The molecule has 14 heavy (non-hydrogen) atoms. The summed E-state index contributed by atoms with van der Waals surface area (Å²) in [6.45, 7) is 3.04. The first-order chi connectivity index (χ1) is 6.86. The number of aryl methyl sites for hydroxylation is 1. The standard InChI is InChI=1S/C12H16O2/c1-2-3-4-11-5-7-12(8-6-11)9-14-10-13/h5-8,10H,2-4,9H2,1H3. The Labute approximate surface area is 84.9 Å². The number of rotatable bonds is 6. The topological polar surface area (TPSA) is 26.3 Å². The fraction of sp³-hybridized carbons (Fsp3) is 0.417. The van der Waals surface area contributed by atoms with E-state index >= 15 is 0 Å². The summed E-state index contributed by atoms with van der Waals surface area (Å²) in [5, 5.41) is 0. The quantitative estimate of drug-likeness (QED) is 0.648. The second-order valence-corrected chi connectivity index (χ2v) is 3.33. The first kappa shape index (κ1) is 10.8. The first-order valence-electron chi connectivity index (χ1n) is 5.00. The van der Waals surface area contributed by atoms with Crippen molar-refractivity contribution in [2.75, 3.05) is 0 Å². The maximum Gasteiger partial charge on any atom is 0.293 e. The molecule has 0 bridgehead atoms. The van der Waals surface area contributed by atoms with Gasteiger partial charge in [0.15, 0.2) is 0 Å². The van der Waals surface area contributed by atoms with Gasteiger partial charge >= 0.3 is 0 Å². The molecule has 2 nitrogen and oxygen atoms in total. The van der Waals surface area contributed by atoms with Crippen molar-refractivity contribution < 1.29 is 9.53 Å². The lowest BCUT2D eigenvalue weighted by atomic mass is 10.1. The number of benzene rings is 1. The summed E-state index contributed by atoms with van der Waals surface area (Å²) in [6, 6.07) is 8.21. The summed E-state index contributed by atoms with van der Waals surface area (Å²) in [5.41, 5.74) is 2.39. The first-order valence-corrected chi connectivity index (χ1v) is 5.00. The third kappa shape index (κ3) is 3.60. The number of hydrogen-bond acceptors (Lipinski definition) is 2. The van der Waals surface area contributed by atoms with Gasteiger partial charge in [-0.1, -0.05) is 37.6 Å². The lowest BCUT2D eigenvalue weighted by Crippen LogP contribution is -1.91. The SMILES string of the molecule is CCCCc1ccc(COC=O)cc1. The van der Waals surface area contributed by atoms with Gasteiger partial charge < -0.3 is 4.74 Å². The highest BCUT2D eigenvalue weighted by molar-refractivity contribution is 5.37. The second kappa shape index (κ2) is 6.19. The maximum absolute atomic E-state index is 9.96. The van der Waals surface area contributed by atoms with Crippen LogP contribution in [0.5, 0.6) is 0 Å². The van der Waals surface area contributed by atoms with E-state index in [1.807, 2.05) is 12.1 Å². The van der Waals surface area contributed by atoms with Gasteiger partial charge in [-0.25, -0.2) is 0 Å². The van der Waals surface area contributed by atoms with Crippen LogP contribution < -0.4 is 0 Å². The Morgan fingerprint density at radius 1 is 1.21 bits per heavy atom. The lowest BCUT2D eigenvalue weighted by molar-refractivity contribution is -0.129. The predicted octanol–water partition coefficient (Wildman–Crippen LogP) is 2.70. The molecule has 2 heteroatoms. The van der Waals surface area contributed by atoms with E-state index in [0.29, 0.717) is 13.1 Å². The van der Waals surface area contributed by atoms with Gasteiger partial charge in [0.1, 0.15) is 6.61 Å². The molecule has 0 amide bonds. The highest BCUT2D eigenvalue weighted by Gasteiger charge is 1.94. The van der Waals surface area contributed by atoms with E-state index in [2.05, 4.69) is 23.8 Å². The summed E-state index contributed by atoms with van der Waals surface area (Å²) in [6.07, 6.45) is 3.57. The minimum atomic E-state index is 0.373. The van der Waals surface area contributed by atoms with Crippen molar-refractivity contribution in [2.45, 2.75) is 32.8 Å². The molecule has 1 rings (SSSR count). The van der Waals surface area contributed by atoms with Gasteiger partial charge in [0, 0.05) is 0 Å². The minimum Gasteiger partial charge on any atom is -0.463 e. The molecule has 76 valence electrons. The van der Waals surface area contributed by atoms with Crippen LogP contribution in [0.25, 0.3) is 0 Å². The average molecular weight is 192 g/mol. The number of hydrogen-bond donors (Lipinski definition) is 0. The number of unbranched alkanes of at least 4 members (excludes halogenated alkanes) is 1. The van der Waals surface area contributed by atoms with Gasteiger partial charge in [0.25, 0.3) is 6.47 Å². The molecule has 0 atom stereocenters. The molecule has 0 saturated heterocycles. The normalized spacial score (nSPS) is 9.79. The monoisotopic (exact) mass is 192 g/mol. The predicted molar refractivity (Wildman–Crippen MR) is 55.9 cm³/mol. The van der Waals surface area contributed by atoms with Crippen LogP contribution in [0.2, 0.25) is 0 Å². The van der Waals surface area contributed by atoms with Crippen LogP contribution in [-0.4, -0.2) is 6.47 Å². The van der Waals surface area contributed by atoms with Crippen molar-refractivity contribution >= 4 is 6.47 Å². The molecule has 0 aliphatic carbocycles. The summed E-state index contributed by atoms with van der Waals surface area (Å²) >= 11 is 0. The molecule has 0 aliphatic heterocycles. The van der Waals surface area contributed by atoms with E-state index < -0.39 is 0 Å². The van der Waals surface area contributed by atoms with Crippen molar-refractivity contribution in [3.8, 4) is 0 Å². The van der Waals surface area contributed by atoms with Crippen molar-refractivity contribution in [3.05, 3.63) is 35.4 Å². The Balaban J connectivity index is 2.46. The molecular formula is C12H16O2. The molecule has 0 N–H and O–H groups in total. The van der Waals surface area contributed by atoms with Crippen molar-refractivity contribution in [1.82, 2.24) is 0 Å². The molecule has 0 heterocycles. The third-order valence-electron chi connectivity index (χ3n) is 2.16. The molecule has 0 aliphatic rings. The van der Waals surface area contributed by atoms with Crippen LogP contribution in [0.1, 0.15) is 30.9 Å². The van der Waals surface area contributed by atoms with E-state index in [1.54, 1.807) is 0 Å². The summed E-state index contributed by atoms with van der Waals surface area (Å²) < 4.78 is 4.66. The summed E-state index contributed by atoms with van der Waals surface area (Å²) in [4.78, 5) is 9.96. The molecule has 0 fully saturated rings. The largest absolute Gasteiger partial charge is 0.463 e. The van der Waals surface area contributed by atoms with E-state index in [1.165, 1.54) is 18.4 Å². The van der Waals surface area contributed by atoms with E-state index in [4.69, 9.17) is 0 Å². The molecule has 0 aromatic heterocycles. The molecule has 1 aromatic carbocycles. The summed E-state index contributed by atoms with van der Waals surface area (Å²) in [7, 11) is 0. The zero-order chi connectivity index (χ0) is 10.2. The number of ether oxygens (including phenoxy) is 1. The minimum absolute atomic E-state index is 0.373. The fourth-order valence-corrected chi connectivity index (χ4v) is 1.31. The van der Waals surface area contributed by atoms with E-state index in [9.17, 15) is 4.79 Å². The van der Waals surface area contributed by atoms with Crippen LogP contribution in [0, 0.1) is 0 Å². The second-order valence-electron chi connectivity index (χ2n) is 3.33. The smallest absolute Gasteiger partial charge is 0.293 e. The van der Waals surface area contributed by atoms with Gasteiger partial charge in [0.05, 0.1) is 0 Å². The van der Waals surface area contributed by atoms with Crippen molar-refractivity contribution in [2.24, 2.45) is 0 Å². The maximum atomic E-state index is 9.96. The Kier molecular flexibility index (Phi) is 4.76. The van der Waals surface area contributed by atoms with Gasteiger partial charge in [-0.05, 0) is 24.0 Å². The van der Waals surface area contributed by atoms with Crippen LogP contribution >= 0.6 is 0 Å². The van der Waals surface area contributed by atoms with Crippen LogP contribution in [0.4, 0.5) is 0 Å². The average Bonchev–Trinajstić information content (AvgIpc) is 2.25. The number of carbonyl (C=O) groups is 1. The molecule has 0 spiro atoms. The summed E-state index contributed by atoms with van der Waals surface area (Å²) in [5.74, 6) is 0. The zero-order valence-corrected chi connectivity index (χ0v) is 8.53. The number of carbonyl (C=O) groups excluding carboxylic acids is 1. The highest BCUT2D eigenvalue weighted by Crippen LogP contribution is 2.08. The fourth-order valence-electron chi connectivity index (χ4n) is 1.31. The molecule has 0 saturated carbocycles. The van der Waals surface area contributed by atoms with Gasteiger partial charge in [0.2, 0.25) is 0 Å². The molecule has 0 unspecified atom stereocenters. The van der Waals surface area contributed by atoms with E-state index in [-0.39, 0.29) is 0 Å². The Bertz CT molecular complexity index is 264. The molecule has 1 aromatic rings. The van der Waals surface area contributed by atoms with Crippen molar-refractivity contribution in [3.63, 3.8) is 0 Å². The van der Waals surface area contributed by atoms with Crippen LogP contribution in [-0.2, 0) is 22.6 Å². The Hall–Kier alpha value is -1.31. The third-order valence-corrected chi connectivity index (χ3v) is 2.16. The molecular weight excluding hydrogens is 176 g/mol. The van der Waals surface area contributed by atoms with Crippen LogP contribution in [0.3, 0.4) is 0 Å². The van der Waals surface area contributed by atoms with Crippen LogP contribution in [0.15, 0.2) is 24.3 Å². The Morgan fingerprint density at radius 2 is 1.86 bits per heavy atom. The zero-order valence-electron chi connectivity index (χ0n) is 8.53.